The number of benzene rings is 2. The molecule has 0 saturated heterocycles. The van der Waals surface area contributed by atoms with Crippen molar-refractivity contribution in [2.75, 3.05) is 5.75 Å². The SMILES string of the molecule is CCCCSC1=NN2C(=c3ccccc3=N[C@@H]2c2ccc(-c3ccc([N+](=O)[O-])cc3)o2)C(=O)N1. The van der Waals surface area contributed by atoms with E-state index in [1.54, 1.807) is 29.3 Å². The highest BCUT2D eigenvalue weighted by Crippen LogP contribution is 2.34. The maximum Gasteiger partial charge on any atom is 0.276 e. The van der Waals surface area contributed by atoms with Crippen molar-refractivity contribution >= 4 is 34.2 Å². The van der Waals surface area contributed by atoms with Crippen molar-refractivity contribution in [1.29, 1.82) is 0 Å². The summed E-state index contributed by atoms with van der Waals surface area (Å²) in [5.74, 6) is 1.67. The summed E-state index contributed by atoms with van der Waals surface area (Å²) in [6.07, 6.45) is 1.41. The summed E-state index contributed by atoms with van der Waals surface area (Å²) in [4.78, 5) is 28.5. The molecule has 0 spiro atoms. The van der Waals surface area contributed by atoms with E-state index in [-0.39, 0.29) is 11.6 Å². The van der Waals surface area contributed by atoms with Gasteiger partial charge in [-0.15, -0.1) is 5.10 Å². The van der Waals surface area contributed by atoms with E-state index in [4.69, 9.17) is 14.5 Å². The molecular weight excluding hydrogens is 454 g/mol. The van der Waals surface area contributed by atoms with Crippen molar-refractivity contribution in [3.05, 3.63) is 87.1 Å². The van der Waals surface area contributed by atoms with Crippen molar-refractivity contribution in [2.45, 2.75) is 25.9 Å². The number of fused-ring (bicyclic) bond motifs is 2. The van der Waals surface area contributed by atoms with Gasteiger partial charge in [0.1, 0.15) is 11.5 Å². The molecule has 0 aliphatic carbocycles. The number of nitro benzene ring substituents is 1. The number of furan rings is 1. The first-order valence-electron chi connectivity index (χ1n) is 10.9. The zero-order valence-corrected chi connectivity index (χ0v) is 19.1. The standard InChI is InChI=1S/C24H21N5O4S/c1-2-3-14-34-24-26-23(30)21-17-6-4-5-7-18(17)25-22(28(21)27-24)20-13-12-19(33-20)15-8-10-16(11-9-15)29(31)32/h4-13,22H,2-3,14H2,1H3,(H,26,27,30)/t22-/m0/s1. The Balaban J connectivity index is 1.54. The summed E-state index contributed by atoms with van der Waals surface area (Å²) in [6, 6.07) is 17.2. The van der Waals surface area contributed by atoms with E-state index in [0.29, 0.717) is 38.5 Å². The van der Waals surface area contributed by atoms with Crippen LogP contribution in [-0.2, 0) is 4.79 Å². The second kappa shape index (κ2) is 9.14. The molecule has 2 aromatic carbocycles. The van der Waals surface area contributed by atoms with E-state index in [9.17, 15) is 14.9 Å². The molecule has 9 nitrogen and oxygen atoms in total. The Morgan fingerprint density at radius 1 is 1.15 bits per heavy atom. The lowest BCUT2D eigenvalue weighted by Crippen LogP contribution is -2.50. The third kappa shape index (κ3) is 4.08. The number of thioether (sulfide) groups is 1. The Morgan fingerprint density at radius 2 is 1.94 bits per heavy atom. The number of rotatable bonds is 6. The number of hydrazone groups is 1. The smallest absolute Gasteiger partial charge is 0.276 e. The second-order valence-corrected chi connectivity index (χ2v) is 8.86. The average Bonchev–Trinajstić information content (AvgIpc) is 3.34. The number of nitrogens with one attached hydrogen (secondary N) is 1. The van der Waals surface area contributed by atoms with E-state index >= 15 is 0 Å². The Morgan fingerprint density at radius 3 is 2.71 bits per heavy atom. The molecule has 1 amide bonds. The van der Waals surface area contributed by atoms with Gasteiger partial charge in [-0.3, -0.25) is 20.2 Å². The van der Waals surface area contributed by atoms with E-state index in [1.165, 1.54) is 23.9 Å². The van der Waals surface area contributed by atoms with Gasteiger partial charge in [-0.2, -0.15) is 0 Å². The minimum absolute atomic E-state index is 0.00966. The second-order valence-electron chi connectivity index (χ2n) is 7.78. The first-order valence-corrected chi connectivity index (χ1v) is 11.9. The molecule has 34 heavy (non-hydrogen) atoms. The number of amides is 1. The summed E-state index contributed by atoms with van der Waals surface area (Å²) < 4.78 is 6.12. The molecule has 2 aliphatic heterocycles. The number of carbonyl (C=O) groups is 1. The quantitative estimate of drug-likeness (QED) is 0.331. The van der Waals surface area contributed by atoms with Crippen LogP contribution in [0.4, 0.5) is 5.69 Å². The van der Waals surface area contributed by atoms with Gasteiger partial charge in [0, 0.05) is 28.7 Å². The molecule has 0 bridgehead atoms. The van der Waals surface area contributed by atoms with Crippen LogP contribution in [0, 0.1) is 10.1 Å². The van der Waals surface area contributed by atoms with Crippen LogP contribution in [0.25, 0.3) is 17.0 Å². The monoisotopic (exact) mass is 475 g/mol. The largest absolute Gasteiger partial charge is 0.457 e. The van der Waals surface area contributed by atoms with Crippen molar-refractivity contribution in [2.24, 2.45) is 10.1 Å². The number of hydrogen-bond donors (Lipinski definition) is 1. The van der Waals surface area contributed by atoms with Crippen molar-refractivity contribution in [1.82, 2.24) is 10.3 Å². The summed E-state index contributed by atoms with van der Waals surface area (Å²) in [5.41, 5.74) is 1.13. The molecular formula is C24H21N5O4S. The van der Waals surface area contributed by atoms with Gasteiger partial charge in [-0.05, 0) is 36.8 Å². The normalized spacial score (nSPS) is 16.8. The number of para-hydroxylation sites is 1. The minimum Gasteiger partial charge on any atom is -0.457 e. The third-order valence-electron chi connectivity index (χ3n) is 5.50. The first kappa shape index (κ1) is 21.9. The maximum absolute atomic E-state index is 13.1. The van der Waals surface area contributed by atoms with Crippen LogP contribution in [0.5, 0.6) is 0 Å². The maximum atomic E-state index is 13.1. The first-order chi connectivity index (χ1) is 16.5. The molecule has 1 aromatic heterocycles. The van der Waals surface area contributed by atoms with Crippen LogP contribution >= 0.6 is 11.8 Å². The van der Waals surface area contributed by atoms with Gasteiger partial charge < -0.3 is 4.42 Å². The van der Waals surface area contributed by atoms with Crippen molar-refractivity contribution in [3.8, 4) is 11.3 Å². The predicted octanol–water partition coefficient (Wildman–Crippen LogP) is 3.53. The molecule has 1 N–H and O–H groups in total. The van der Waals surface area contributed by atoms with Gasteiger partial charge in [-0.1, -0.05) is 43.3 Å². The molecule has 5 rings (SSSR count). The number of unbranched alkanes of at least 4 members (excludes halogenated alkanes) is 1. The van der Waals surface area contributed by atoms with Crippen LogP contribution in [0.15, 0.2) is 75.2 Å². The van der Waals surface area contributed by atoms with Gasteiger partial charge in [0.25, 0.3) is 11.6 Å². The van der Waals surface area contributed by atoms with Crippen molar-refractivity contribution < 1.29 is 14.1 Å². The molecule has 2 aliphatic rings. The predicted molar refractivity (Wildman–Crippen MR) is 129 cm³/mol. The Labute approximate surface area is 199 Å². The highest BCUT2D eigenvalue weighted by atomic mass is 32.2. The number of non-ortho nitro benzene ring substituents is 1. The molecule has 10 heteroatoms. The lowest BCUT2D eigenvalue weighted by molar-refractivity contribution is -0.384. The Bertz CT molecular complexity index is 1410. The summed E-state index contributed by atoms with van der Waals surface area (Å²) in [6.45, 7) is 2.11. The zero-order chi connectivity index (χ0) is 23.7. The number of hydrogen-bond acceptors (Lipinski definition) is 8. The van der Waals surface area contributed by atoms with Gasteiger partial charge in [0.2, 0.25) is 6.17 Å². The summed E-state index contributed by atoms with van der Waals surface area (Å²) in [5, 5.41) is 22.1. The molecule has 0 unspecified atom stereocenters. The fraction of sp³-hybridized carbons (Fsp3) is 0.208. The number of amidine groups is 1. The van der Waals surface area contributed by atoms with Crippen LogP contribution in [0.2, 0.25) is 0 Å². The summed E-state index contributed by atoms with van der Waals surface area (Å²) in [7, 11) is 0. The Kier molecular flexibility index (Phi) is 5.89. The number of nitrogens with zero attached hydrogens (tertiary/aromatic N) is 4. The van der Waals surface area contributed by atoms with Gasteiger partial charge >= 0.3 is 0 Å². The summed E-state index contributed by atoms with van der Waals surface area (Å²) >= 11 is 1.50. The van der Waals surface area contributed by atoms with Crippen LogP contribution in [-0.4, -0.2) is 26.8 Å². The van der Waals surface area contributed by atoms with Crippen LogP contribution in [0.1, 0.15) is 31.7 Å². The van der Waals surface area contributed by atoms with Gasteiger partial charge in [0.05, 0.1) is 10.3 Å². The highest BCUT2D eigenvalue weighted by molar-refractivity contribution is 8.13. The number of nitro groups is 1. The fourth-order valence-electron chi connectivity index (χ4n) is 3.79. The van der Waals surface area contributed by atoms with Crippen LogP contribution < -0.4 is 15.9 Å². The number of carbonyl (C=O) groups excluding carboxylic acids is 1. The molecule has 3 heterocycles. The van der Waals surface area contributed by atoms with Gasteiger partial charge in [-0.25, -0.2) is 10.0 Å². The lowest BCUT2D eigenvalue weighted by atomic mass is 10.1. The zero-order valence-electron chi connectivity index (χ0n) is 18.3. The van der Waals surface area contributed by atoms with E-state index in [2.05, 4.69) is 12.2 Å². The van der Waals surface area contributed by atoms with E-state index in [0.717, 1.165) is 18.6 Å². The molecule has 0 fully saturated rings. The molecule has 1 atom stereocenters. The molecule has 172 valence electrons. The molecule has 3 aromatic rings. The van der Waals surface area contributed by atoms with E-state index in [1.807, 2.05) is 24.3 Å². The topological polar surface area (TPSA) is 113 Å². The fourth-order valence-corrected chi connectivity index (χ4v) is 4.72. The van der Waals surface area contributed by atoms with Crippen molar-refractivity contribution in [3.63, 3.8) is 0 Å². The molecule has 0 saturated carbocycles. The van der Waals surface area contributed by atoms with E-state index < -0.39 is 11.1 Å². The minimum atomic E-state index is -0.662. The van der Waals surface area contributed by atoms with Crippen LogP contribution in [0.3, 0.4) is 0 Å². The van der Waals surface area contributed by atoms with Gasteiger partial charge in [0.15, 0.2) is 10.9 Å². The Hall–Kier alpha value is -3.92. The lowest BCUT2D eigenvalue weighted by Gasteiger charge is -2.32. The highest BCUT2D eigenvalue weighted by Gasteiger charge is 2.35. The third-order valence-corrected chi connectivity index (χ3v) is 6.45. The average molecular weight is 476 g/mol. The molecule has 0 radical (unpaired) electrons.